The lowest BCUT2D eigenvalue weighted by atomic mass is 10.1. The van der Waals surface area contributed by atoms with Crippen molar-refractivity contribution in [3.8, 4) is 0 Å². The third-order valence-corrected chi connectivity index (χ3v) is 4.47. The summed E-state index contributed by atoms with van der Waals surface area (Å²) in [7, 11) is 1.61. The number of amides is 2. The van der Waals surface area contributed by atoms with E-state index < -0.39 is 29.3 Å². The first kappa shape index (κ1) is 25.3. The van der Waals surface area contributed by atoms with Crippen LogP contribution >= 0.6 is 30.1 Å². The van der Waals surface area contributed by atoms with Gasteiger partial charge >= 0.3 is 12.1 Å². The number of esters is 1. The zero-order chi connectivity index (χ0) is 20.5. The SMILES string of the molecule is CC(CSI)NC(=O)CCC(NC(=O)OC(C)(C)C)C(=O)OC(C)(C)C. The van der Waals surface area contributed by atoms with Crippen LogP contribution in [0.25, 0.3) is 0 Å². The van der Waals surface area contributed by atoms with Gasteiger partial charge in [-0.25, -0.2) is 9.59 Å². The van der Waals surface area contributed by atoms with Gasteiger partial charge in [-0.1, -0.05) is 8.93 Å². The van der Waals surface area contributed by atoms with Crippen molar-refractivity contribution in [2.24, 2.45) is 0 Å². The van der Waals surface area contributed by atoms with Gasteiger partial charge in [-0.15, -0.1) is 0 Å². The maximum absolute atomic E-state index is 12.4. The number of nitrogens with one attached hydrogen (secondary N) is 2. The summed E-state index contributed by atoms with van der Waals surface area (Å²) in [6.07, 6.45) is -0.497. The fourth-order valence-corrected chi connectivity index (χ4v) is 3.72. The molecule has 0 fully saturated rings. The summed E-state index contributed by atoms with van der Waals surface area (Å²) < 4.78 is 10.5. The minimum absolute atomic E-state index is 0.0307. The van der Waals surface area contributed by atoms with Crippen molar-refractivity contribution in [3.63, 3.8) is 0 Å². The molecular weight excluding hydrogens is 471 g/mol. The molecule has 2 atom stereocenters. The molecule has 0 bridgehead atoms. The van der Waals surface area contributed by atoms with E-state index in [1.807, 2.05) is 6.92 Å². The minimum Gasteiger partial charge on any atom is -0.458 e. The Hall–Kier alpha value is -0.710. The van der Waals surface area contributed by atoms with Crippen molar-refractivity contribution in [2.75, 3.05) is 5.75 Å². The average molecular weight is 502 g/mol. The summed E-state index contributed by atoms with van der Waals surface area (Å²) in [5.74, 6) is 0.0207. The number of hydrogen-bond donors (Lipinski definition) is 2. The quantitative estimate of drug-likeness (QED) is 0.389. The Morgan fingerprint density at radius 3 is 2.00 bits per heavy atom. The molecule has 2 unspecified atom stereocenters. The number of carbonyl (C=O) groups excluding carboxylic acids is 3. The summed E-state index contributed by atoms with van der Waals surface area (Å²) in [4.78, 5) is 36.4. The van der Waals surface area contributed by atoms with E-state index in [9.17, 15) is 14.4 Å². The van der Waals surface area contributed by atoms with Crippen LogP contribution in [0.2, 0.25) is 0 Å². The van der Waals surface area contributed by atoms with Crippen LogP contribution in [0.3, 0.4) is 0 Å². The predicted octanol–water partition coefficient (Wildman–Crippen LogP) is 3.59. The van der Waals surface area contributed by atoms with Crippen LogP contribution in [-0.2, 0) is 19.1 Å². The van der Waals surface area contributed by atoms with Gasteiger partial charge in [-0.05, 0) is 76.1 Å². The van der Waals surface area contributed by atoms with E-state index in [1.165, 1.54) is 0 Å². The summed E-state index contributed by atoms with van der Waals surface area (Å²) in [5, 5.41) is 5.36. The molecule has 0 spiro atoms. The van der Waals surface area contributed by atoms with Gasteiger partial charge in [0.15, 0.2) is 0 Å². The summed E-state index contributed by atoms with van der Waals surface area (Å²) in [6, 6.07) is -0.924. The van der Waals surface area contributed by atoms with E-state index >= 15 is 0 Å². The highest BCUT2D eigenvalue weighted by atomic mass is 127. The van der Waals surface area contributed by atoms with Crippen LogP contribution in [0, 0.1) is 0 Å². The Bertz CT molecular complexity index is 489. The van der Waals surface area contributed by atoms with E-state index in [0.717, 1.165) is 5.75 Å². The molecule has 0 heterocycles. The zero-order valence-electron chi connectivity index (χ0n) is 16.6. The number of halogens is 1. The molecule has 2 N–H and O–H groups in total. The second kappa shape index (κ2) is 11.2. The van der Waals surface area contributed by atoms with Crippen molar-refractivity contribution >= 4 is 48.1 Å². The largest absolute Gasteiger partial charge is 0.458 e. The van der Waals surface area contributed by atoms with E-state index in [1.54, 1.807) is 50.5 Å². The summed E-state index contributed by atoms with van der Waals surface area (Å²) in [5.41, 5.74) is -1.38. The Kier molecular flexibility index (Phi) is 10.9. The van der Waals surface area contributed by atoms with Crippen LogP contribution in [-0.4, -0.2) is 47.0 Å². The standard InChI is InChI=1S/C17H31IN2O5S/c1-11(10-26-18)19-13(21)9-8-12(14(22)24-16(2,3)4)20-15(23)25-17(5,6)7/h11-12H,8-10H2,1-7H3,(H,19,21)(H,20,23). The molecule has 7 nitrogen and oxygen atoms in total. The topological polar surface area (TPSA) is 93.7 Å². The van der Waals surface area contributed by atoms with Gasteiger partial charge in [0, 0.05) is 18.2 Å². The molecule has 152 valence electrons. The lowest BCUT2D eigenvalue weighted by Crippen LogP contribution is -2.46. The zero-order valence-corrected chi connectivity index (χ0v) is 19.6. The van der Waals surface area contributed by atoms with Crippen molar-refractivity contribution in [3.05, 3.63) is 0 Å². The van der Waals surface area contributed by atoms with Crippen LogP contribution < -0.4 is 10.6 Å². The molecule has 0 radical (unpaired) electrons. The second-order valence-electron chi connectivity index (χ2n) is 8.02. The number of alkyl carbamates (subject to hydrolysis) is 1. The molecule has 0 saturated heterocycles. The fourth-order valence-electron chi connectivity index (χ4n) is 1.83. The van der Waals surface area contributed by atoms with Crippen LogP contribution in [0.4, 0.5) is 4.79 Å². The Labute approximate surface area is 172 Å². The molecule has 0 aromatic rings. The first-order valence-electron chi connectivity index (χ1n) is 8.49. The van der Waals surface area contributed by atoms with Crippen LogP contribution in [0.15, 0.2) is 0 Å². The molecule has 0 saturated carbocycles. The monoisotopic (exact) mass is 502 g/mol. The molecular formula is C17H31IN2O5S. The maximum atomic E-state index is 12.4. The molecule has 0 aliphatic heterocycles. The van der Waals surface area contributed by atoms with Gasteiger partial charge < -0.3 is 20.1 Å². The van der Waals surface area contributed by atoms with Gasteiger partial charge in [-0.2, -0.15) is 0 Å². The number of rotatable bonds is 8. The minimum atomic E-state index is -0.955. The maximum Gasteiger partial charge on any atom is 0.408 e. The highest BCUT2D eigenvalue weighted by Crippen LogP contribution is 2.14. The van der Waals surface area contributed by atoms with Crippen molar-refractivity contribution in [1.29, 1.82) is 0 Å². The molecule has 26 heavy (non-hydrogen) atoms. The third-order valence-electron chi connectivity index (χ3n) is 2.76. The van der Waals surface area contributed by atoms with E-state index in [0.29, 0.717) is 0 Å². The molecule has 0 rings (SSSR count). The molecule has 2 amide bonds. The highest BCUT2D eigenvalue weighted by Gasteiger charge is 2.29. The van der Waals surface area contributed by atoms with Gasteiger partial charge in [0.2, 0.25) is 5.91 Å². The van der Waals surface area contributed by atoms with E-state index in [-0.39, 0.29) is 24.8 Å². The number of hydrogen-bond acceptors (Lipinski definition) is 6. The summed E-state index contributed by atoms with van der Waals surface area (Å²) in [6.45, 7) is 12.3. The lowest BCUT2D eigenvalue weighted by molar-refractivity contribution is -0.157. The number of ether oxygens (including phenoxy) is 2. The average Bonchev–Trinajstić information content (AvgIpc) is 2.39. The molecule has 9 heteroatoms. The smallest absolute Gasteiger partial charge is 0.408 e. The van der Waals surface area contributed by atoms with Crippen LogP contribution in [0.5, 0.6) is 0 Å². The number of carbonyl (C=O) groups is 3. The van der Waals surface area contributed by atoms with Crippen LogP contribution in [0.1, 0.15) is 61.3 Å². The first-order valence-corrected chi connectivity index (χ1v) is 12.0. The van der Waals surface area contributed by atoms with Crippen molar-refractivity contribution < 1.29 is 23.9 Å². The Morgan fingerprint density at radius 1 is 1.00 bits per heavy atom. The van der Waals surface area contributed by atoms with Gasteiger partial charge in [-0.3, -0.25) is 4.79 Å². The molecule has 0 aliphatic rings. The van der Waals surface area contributed by atoms with E-state index in [2.05, 4.69) is 31.8 Å². The lowest BCUT2D eigenvalue weighted by Gasteiger charge is -2.26. The Morgan fingerprint density at radius 2 is 1.54 bits per heavy atom. The van der Waals surface area contributed by atoms with Crippen molar-refractivity contribution in [1.82, 2.24) is 10.6 Å². The predicted molar refractivity (Wildman–Crippen MR) is 112 cm³/mol. The van der Waals surface area contributed by atoms with E-state index in [4.69, 9.17) is 9.47 Å². The normalized spacial score (nSPS) is 14.2. The van der Waals surface area contributed by atoms with Gasteiger partial charge in [0.1, 0.15) is 17.2 Å². The molecule has 0 aromatic heterocycles. The molecule has 0 aromatic carbocycles. The third kappa shape index (κ3) is 13.5. The first-order chi connectivity index (χ1) is 11.7. The molecule has 0 aliphatic carbocycles. The Balaban J connectivity index is 4.85. The van der Waals surface area contributed by atoms with Crippen molar-refractivity contribution in [2.45, 2.75) is 84.6 Å². The second-order valence-corrected chi connectivity index (χ2v) is 10.4. The van der Waals surface area contributed by atoms with Gasteiger partial charge in [0.05, 0.1) is 0 Å². The van der Waals surface area contributed by atoms with Gasteiger partial charge in [0.25, 0.3) is 0 Å². The summed E-state index contributed by atoms with van der Waals surface area (Å²) >= 11 is 2.17. The highest BCUT2D eigenvalue weighted by molar-refractivity contribution is 14.2. The fraction of sp³-hybridized carbons (Fsp3) is 0.824.